The van der Waals surface area contributed by atoms with E-state index in [0.29, 0.717) is 12.0 Å². The molecular weight excluding hydrogens is 316 g/mol. The SMILES string of the molecule is CCCN1CC2(CCN(C)CC2)C[C@H]1C(=O)NCc1c(C)noc1C. The summed E-state index contributed by atoms with van der Waals surface area (Å²) in [6, 6.07) is 0.00354. The number of hydrogen-bond acceptors (Lipinski definition) is 5. The number of aryl methyl sites for hydroxylation is 2. The van der Waals surface area contributed by atoms with E-state index in [2.05, 4.69) is 34.2 Å². The topological polar surface area (TPSA) is 61.6 Å². The lowest BCUT2D eigenvalue weighted by molar-refractivity contribution is -0.125. The van der Waals surface area contributed by atoms with E-state index in [1.54, 1.807) is 0 Å². The molecule has 2 aliphatic rings. The minimum absolute atomic E-state index is 0.00354. The van der Waals surface area contributed by atoms with Crippen molar-refractivity contribution in [3.63, 3.8) is 0 Å². The Morgan fingerprint density at radius 2 is 2.08 bits per heavy atom. The fourth-order valence-corrected chi connectivity index (χ4v) is 4.43. The second-order valence-electron chi connectivity index (χ2n) is 8.01. The van der Waals surface area contributed by atoms with Gasteiger partial charge in [0.25, 0.3) is 0 Å². The number of carbonyl (C=O) groups excluding carboxylic acids is 1. The Morgan fingerprint density at radius 1 is 1.36 bits per heavy atom. The molecule has 1 N–H and O–H groups in total. The standard InChI is InChI=1S/C19H32N4O2/c1-5-8-23-13-19(6-9-22(4)10-7-19)11-17(23)18(24)20-12-16-14(2)21-25-15(16)3/h17H,5-13H2,1-4H3,(H,20,24)/t17-/m0/s1. The second-order valence-corrected chi connectivity index (χ2v) is 8.01. The van der Waals surface area contributed by atoms with Gasteiger partial charge in [-0.25, -0.2) is 0 Å². The summed E-state index contributed by atoms with van der Waals surface area (Å²) in [5.74, 6) is 0.950. The lowest BCUT2D eigenvalue weighted by Crippen LogP contribution is -2.43. The number of likely N-dealkylation sites (tertiary alicyclic amines) is 2. The highest BCUT2D eigenvalue weighted by atomic mass is 16.5. The molecule has 1 aromatic heterocycles. The summed E-state index contributed by atoms with van der Waals surface area (Å²) in [6.45, 7) is 10.9. The quantitative estimate of drug-likeness (QED) is 0.883. The zero-order valence-corrected chi connectivity index (χ0v) is 16.1. The largest absolute Gasteiger partial charge is 0.361 e. The number of hydrogen-bond donors (Lipinski definition) is 1. The molecule has 0 bridgehead atoms. The molecule has 140 valence electrons. The molecule has 0 unspecified atom stereocenters. The van der Waals surface area contributed by atoms with Gasteiger partial charge in [0.2, 0.25) is 5.91 Å². The van der Waals surface area contributed by atoms with Crippen LogP contribution in [0.15, 0.2) is 4.52 Å². The fourth-order valence-electron chi connectivity index (χ4n) is 4.43. The third-order valence-electron chi connectivity index (χ3n) is 6.09. The Bertz CT molecular complexity index is 585. The minimum Gasteiger partial charge on any atom is -0.361 e. The molecule has 0 radical (unpaired) electrons. The summed E-state index contributed by atoms with van der Waals surface area (Å²) in [6.07, 6.45) is 4.49. The first-order valence-electron chi connectivity index (χ1n) is 9.56. The van der Waals surface area contributed by atoms with Gasteiger partial charge in [-0.1, -0.05) is 12.1 Å². The van der Waals surface area contributed by atoms with Gasteiger partial charge in [-0.2, -0.15) is 0 Å². The van der Waals surface area contributed by atoms with Crippen LogP contribution < -0.4 is 5.32 Å². The number of piperidine rings is 1. The van der Waals surface area contributed by atoms with Crippen molar-refractivity contribution in [3.8, 4) is 0 Å². The molecule has 6 nitrogen and oxygen atoms in total. The molecule has 2 saturated heterocycles. The number of carbonyl (C=O) groups is 1. The highest BCUT2D eigenvalue weighted by molar-refractivity contribution is 5.82. The highest BCUT2D eigenvalue weighted by Crippen LogP contribution is 2.43. The van der Waals surface area contributed by atoms with Crippen molar-refractivity contribution >= 4 is 5.91 Å². The van der Waals surface area contributed by atoms with Gasteiger partial charge in [0, 0.05) is 18.7 Å². The van der Waals surface area contributed by atoms with Crippen molar-refractivity contribution in [2.24, 2.45) is 5.41 Å². The van der Waals surface area contributed by atoms with Gasteiger partial charge >= 0.3 is 0 Å². The maximum absolute atomic E-state index is 12.9. The van der Waals surface area contributed by atoms with E-state index in [4.69, 9.17) is 4.52 Å². The van der Waals surface area contributed by atoms with E-state index >= 15 is 0 Å². The predicted octanol–water partition coefficient (Wildman–Crippen LogP) is 2.10. The van der Waals surface area contributed by atoms with E-state index in [1.165, 1.54) is 12.8 Å². The van der Waals surface area contributed by atoms with E-state index < -0.39 is 0 Å². The van der Waals surface area contributed by atoms with E-state index in [1.807, 2.05) is 13.8 Å². The van der Waals surface area contributed by atoms with Crippen molar-refractivity contribution < 1.29 is 9.32 Å². The zero-order chi connectivity index (χ0) is 18.0. The molecule has 0 aromatic carbocycles. The van der Waals surface area contributed by atoms with Gasteiger partial charge < -0.3 is 14.7 Å². The number of nitrogens with one attached hydrogen (secondary N) is 1. The van der Waals surface area contributed by atoms with Gasteiger partial charge in [0.05, 0.1) is 11.7 Å². The molecule has 2 fully saturated rings. The Balaban J connectivity index is 1.65. The van der Waals surface area contributed by atoms with Crippen molar-refractivity contribution in [2.75, 3.05) is 33.2 Å². The number of rotatable bonds is 5. The summed E-state index contributed by atoms with van der Waals surface area (Å²) in [5.41, 5.74) is 2.19. The average molecular weight is 348 g/mol. The molecule has 3 heterocycles. The van der Waals surface area contributed by atoms with Crippen molar-refractivity contribution in [2.45, 2.75) is 59.0 Å². The monoisotopic (exact) mass is 348 g/mol. The lowest BCUT2D eigenvalue weighted by atomic mass is 9.76. The summed E-state index contributed by atoms with van der Waals surface area (Å²) in [7, 11) is 2.19. The maximum atomic E-state index is 12.9. The van der Waals surface area contributed by atoms with Crippen molar-refractivity contribution in [1.82, 2.24) is 20.3 Å². The lowest BCUT2D eigenvalue weighted by Gasteiger charge is -2.37. The molecule has 0 aliphatic carbocycles. The van der Waals surface area contributed by atoms with Crippen LogP contribution in [0.2, 0.25) is 0 Å². The van der Waals surface area contributed by atoms with Crippen LogP contribution in [-0.2, 0) is 11.3 Å². The van der Waals surface area contributed by atoms with E-state index in [0.717, 1.165) is 56.0 Å². The van der Waals surface area contributed by atoms with Crippen LogP contribution in [-0.4, -0.2) is 60.1 Å². The highest BCUT2D eigenvalue weighted by Gasteiger charge is 2.47. The van der Waals surface area contributed by atoms with Crippen LogP contribution in [0.3, 0.4) is 0 Å². The summed E-state index contributed by atoms with van der Waals surface area (Å²) in [4.78, 5) is 17.7. The first-order valence-corrected chi connectivity index (χ1v) is 9.56. The van der Waals surface area contributed by atoms with Crippen LogP contribution in [0.5, 0.6) is 0 Å². The Kier molecular flexibility index (Phi) is 5.49. The maximum Gasteiger partial charge on any atom is 0.237 e. The van der Waals surface area contributed by atoms with Crippen LogP contribution in [0.4, 0.5) is 0 Å². The molecule has 2 aliphatic heterocycles. The second kappa shape index (κ2) is 7.46. The third-order valence-corrected chi connectivity index (χ3v) is 6.09. The normalized spacial score (nSPS) is 24.1. The summed E-state index contributed by atoms with van der Waals surface area (Å²) in [5, 5.41) is 7.11. The third kappa shape index (κ3) is 3.90. The van der Waals surface area contributed by atoms with Gasteiger partial charge in [-0.15, -0.1) is 0 Å². The van der Waals surface area contributed by atoms with Gasteiger partial charge in [-0.3, -0.25) is 9.69 Å². The molecule has 1 atom stereocenters. The average Bonchev–Trinajstić information content (AvgIpc) is 3.10. The van der Waals surface area contributed by atoms with E-state index in [-0.39, 0.29) is 11.9 Å². The molecule has 1 spiro atoms. The van der Waals surface area contributed by atoms with Gasteiger partial charge in [0.15, 0.2) is 0 Å². The van der Waals surface area contributed by atoms with E-state index in [9.17, 15) is 4.79 Å². The molecule has 6 heteroatoms. The van der Waals surface area contributed by atoms with Crippen molar-refractivity contribution in [3.05, 3.63) is 17.0 Å². The van der Waals surface area contributed by atoms with Crippen LogP contribution in [0.25, 0.3) is 0 Å². The minimum atomic E-state index is 0.00354. The first-order chi connectivity index (χ1) is 11.9. The van der Waals surface area contributed by atoms with Gasteiger partial charge in [0.1, 0.15) is 5.76 Å². The predicted molar refractivity (Wildman–Crippen MR) is 97.3 cm³/mol. The van der Waals surface area contributed by atoms with Crippen molar-refractivity contribution in [1.29, 1.82) is 0 Å². The van der Waals surface area contributed by atoms with Crippen LogP contribution in [0, 0.1) is 19.3 Å². The molecule has 0 saturated carbocycles. The molecule has 3 rings (SSSR count). The summed E-state index contributed by atoms with van der Waals surface area (Å²) >= 11 is 0. The smallest absolute Gasteiger partial charge is 0.237 e. The Morgan fingerprint density at radius 3 is 2.68 bits per heavy atom. The Labute approximate surface area is 150 Å². The van der Waals surface area contributed by atoms with Gasteiger partial charge in [-0.05, 0) is 71.6 Å². The van der Waals surface area contributed by atoms with Crippen LogP contribution in [0.1, 0.15) is 49.6 Å². The molecule has 1 amide bonds. The molecule has 1 aromatic rings. The zero-order valence-electron chi connectivity index (χ0n) is 16.1. The Hall–Kier alpha value is -1.40. The molecule has 25 heavy (non-hydrogen) atoms. The number of nitrogens with zero attached hydrogens (tertiary/aromatic N) is 3. The first kappa shape index (κ1) is 18.4. The summed E-state index contributed by atoms with van der Waals surface area (Å²) < 4.78 is 5.20. The fraction of sp³-hybridized carbons (Fsp3) is 0.789. The number of amides is 1. The molecular formula is C19H32N4O2. The van der Waals surface area contributed by atoms with Crippen LogP contribution >= 0.6 is 0 Å². The number of aromatic nitrogens is 1.